The minimum absolute atomic E-state index is 0.136. The largest absolute Gasteiger partial charge is 0.497 e. The van der Waals surface area contributed by atoms with Crippen molar-refractivity contribution in [3.05, 3.63) is 24.0 Å². The van der Waals surface area contributed by atoms with Gasteiger partial charge in [-0.1, -0.05) is 6.07 Å². The molecule has 1 aromatic carbocycles. The maximum absolute atomic E-state index is 14.7. The summed E-state index contributed by atoms with van der Waals surface area (Å²) < 4.78 is 54.3. The summed E-state index contributed by atoms with van der Waals surface area (Å²) in [5.41, 5.74) is -1.80. The maximum atomic E-state index is 14.7. The van der Waals surface area contributed by atoms with Crippen molar-refractivity contribution in [3.8, 4) is 0 Å². The van der Waals surface area contributed by atoms with Crippen LogP contribution in [0, 0.1) is 5.82 Å². The summed E-state index contributed by atoms with van der Waals surface area (Å²) in [7, 11) is -4.75. The van der Waals surface area contributed by atoms with Gasteiger partial charge in [-0.25, -0.2) is 17.5 Å². The third-order valence-electron chi connectivity index (χ3n) is 6.17. The van der Waals surface area contributed by atoms with Crippen LogP contribution in [0.5, 0.6) is 0 Å². The molecular weight excluding hydrogens is 384 g/mol. The molecule has 156 valence electrons. The summed E-state index contributed by atoms with van der Waals surface area (Å²) in [6, 6.07) is 3.50. The molecule has 1 aliphatic heterocycles. The van der Waals surface area contributed by atoms with E-state index in [0.29, 0.717) is 25.7 Å². The Balaban J connectivity index is 1.75. The molecule has 1 aliphatic carbocycles. The molecule has 3 rings (SSSR count). The fourth-order valence-corrected chi connectivity index (χ4v) is 4.80. The number of hydrogen-bond acceptors (Lipinski definition) is 5. The minimum Gasteiger partial charge on any atom is -0.399 e. The molecule has 0 atom stereocenters. The van der Waals surface area contributed by atoms with Crippen LogP contribution in [-0.4, -0.2) is 43.5 Å². The maximum Gasteiger partial charge on any atom is 0.497 e. The van der Waals surface area contributed by atoms with Gasteiger partial charge in [-0.3, -0.25) is 0 Å². The van der Waals surface area contributed by atoms with E-state index < -0.39 is 39.8 Å². The van der Waals surface area contributed by atoms with Crippen molar-refractivity contribution in [3.63, 3.8) is 0 Å². The van der Waals surface area contributed by atoms with Crippen molar-refractivity contribution in [2.24, 2.45) is 0 Å². The van der Waals surface area contributed by atoms with Gasteiger partial charge in [0.15, 0.2) is 0 Å². The molecular formula is C19H29BFNO5S. The molecule has 0 aromatic heterocycles. The van der Waals surface area contributed by atoms with Crippen LogP contribution >= 0.6 is 0 Å². The number of halogens is 1. The molecule has 1 aromatic rings. The molecule has 1 saturated heterocycles. The second kappa shape index (κ2) is 7.06. The third kappa shape index (κ3) is 4.28. The Morgan fingerprint density at radius 3 is 2.14 bits per heavy atom. The van der Waals surface area contributed by atoms with Crippen molar-refractivity contribution in [2.45, 2.75) is 88.0 Å². The zero-order valence-corrected chi connectivity index (χ0v) is 17.9. The monoisotopic (exact) mass is 413 g/mol. The number of sulfonamides is 1. The van der Waals surface area contributed by atoms with Gasteiger partial charge in [-0.15, -0.1) is 0 Å². The molecule has 1 heterocycles. The molecule has 2 N–H and O–H groups in total. The molecule has 0 unspecified atom stereocenters. The summed E-state index contributed by atoms with van der Waals surface area (Å²) in [5, 5.41) is 10.0. The van der Waals surface area contributed by atoms with Gasteiger partial charge >= 0.3 is 7.12 Å². The summed E-state index contributed by atoms with van der Waals surface area (Å²) in [6.07, 6.45) is 2.13. The van der Waals surface area contributed by atoms with E-state index in [2.05, 4.69) is 4.72 Å². The van der Waals surface area contributed by atoms with Gasteiger partial charge in [0.2, 0.25) is 10.0 Å². The lowest BCUT2D eigenvalue weighted by Crippen LogP contribution is -2.42. The second-order valence-corrected chi connectivity index (χ2v) is 10.9. The number of hydrogen-bond donors (Lipinski definition) is 2. The van der Waals surface area contributed by atoms with Crippen LogP contribution in [0.15, 0.2) is 23.1 Å². The van der Waals surface area contributed by atoms with Gasteiger partial charge in [0.1, 0.15) is 5.82 Å². The Kier molecular flexibility index (Phi) is 5.47. The molecule has 28 heavy (non-hydrogen) atoms. The van der Waals surface area contributed by atoms with E-state index in [1.54, 1.807) is 6.92 Å². The average molecular weight is 413 g/mol. The van der Waals surface area contributed by atoms with E-state index in [-0.39, 0.29) is 16.4 Å². The first-order valence-electron chi connectivity index (χ1n) is 9.62. The van der Waals surface area contributed by atoms with Crippen LogP contribution < -0.4 is 10.2 Å². The van der Waals surface area contributed by atoms with E-state index in [4.69, 9.17) is 9.31 Å². The Morgan fingerprint density at radius 2 is 1.64 bits per heavy atom. The van der Waals surface area contributed by atoms with Crippen LogP contribution in [0.25, 0.3) is 0 Å². The first kappa shape index (κ1) is 21.7. The molecule has 1 saturated carbocycles. The van der Waals surface area contributed by atoms with Crippen molar-refractivity contribution < 1.29 is 27.2 Å². The summed E-state index contributed by atoms with van der Waals surface area (Å²) in [5.74, 6) is -0.687. The van der Waals surface area contributed by atoms with Gasteiger partial charge in [0.05, 0.1) is 21.7 Å². The number of benzene rings is 1. The fraction of sp³-hybridized carbons (Fsp3) is 0.684. The molecule has 0 spiro atoms. The van der Waals surface area contributed by atoms with Crippen molar-refractivity contribution >= 4 is 22.6 Å². The second-order valence-electron chi connectivity index (χ2n) is 9.16. The highest BCUT2D eigenvalue weighted by atomic mass is 32.2. The summed E-state index contributed by atoms with van der Waals surface area (Å²) >= 11 is 0. The van der Waals surface area contributed by atoms with Crippen molar-refractivity contribution in [1.82, 2.24) is 4.72 Å². The first-order chi connectivity index (χ1) is 12.7. The van der Waals surface area contributed by atoms with E-state index in [0.717, 1.165) is 6.07 Å². The van der Waals surface area contributed by atoms with E-state index in [1.807, 2.05) is 27.7 Å². The van der Waals surface area contributed by atoms with E-state index in [9.17, 15) is 17.9 Å². The SMILES string of the molecule is CC1(C)OB(c2ccc(S(=O)(=O)N[C@H]3CC[C@](C)(O)CC3)cc2F)OC1(C)C. The topological polar surface area (TPSA) is 84.9 Å². The molecule has 6 nitrogen and oxygen atoms in total. The van der Waals surface area contributed by atoms with Crippen LogP contribution in [-0.2, 0) is 19.3 Å². The van der Waals surface area contributed by atoms with E-state index >= 15 is 0 Å². The van der Waals surface area contributed by atoms with E-state index in [1.165, 1.54) is 12.1 Å². The van der Waals surface area contributed by atoms with Gasteiger partial charge in [-0.05, 0) is 72.4 Å². The van der Waals surface area contributed by atoms with Crippen molar-refractivity contribution in [2.75, 3.05) is 0 Å². The lowest BCUT2D eigenvalue weighted by molar-refractivity contribution is 0.00578. The lowest BCUT2D eigenvalue weighted by Gasteiger charge is -2.33. The lowest BCUT2D eigenvalue weighted by atomic mass is 9.79. The highest BCUT2D eigenvalue weighted by Crippen LogP contribution is 2.36. The number of aliphatic hydroxyl groups is 1. The van der Waals surface area contributed by atoms with Gasteiger partial charge < -0.3 is 14.4 Å². The summed E-state index contributed by atoms with van der Waals surface area (Å²) in [4.78, 5) is -0.136. The standard InChI is InChI=1S/C19H29BFNO5S/c1-17(2)18(3,4)27-20(26-17)15-7-6-14(12-16(15)21)28(24,25)22-13-8-10-19(5,23)11-9-13/h6-7,12-13,22-23H,8-11H2,1-5H3/t13-,19-. The Labute approximate surface area is 167 Å². The fourth-order valence-electron chi connectivity index (χ4n) is 3.48. The predicted molar refractivity (Wildman–Crippen MR) is 105 cm³/mol. The molecule has 2 fully saturated rings. The van der Waals surface area contributed by atoms with Crippen LogP contribution in [0.3, 0.4) is 0 Å². The highest BCUT2D eigenvalue weighted by molar-refractivity contribution is 7.89. The Bertz CT molecular complexity index is 830. The van der Waals surface area contributed by atoms with Crippen LogP contribution in [0.4, 0.5) is 4.39 Å². The van der Waals surface area contributed by atoms with Crippen molar-refractivity contribution in [1.29, 1.82) is 0 Å². The third-order valence-corrected chi connectivity index (χ3v) is 7.69. The minimum atomic E-state index is -3.86. The zero-order chi connectivity index (χ0) is 21.0. The molecule has 2 aliphatic rings. The average Bonchev–Trinajstić information content (AvgIpc) is 2.77. The van der Waals surface area contributed by atoms with Crippen LogP contribution in [0.2, 0.25) is 0 Å². The number of rotatable bonds is 4. The summed E-state index contributed by atoms with van der Waals surface area (Å²) in [6.45, 7) is 9.23. The predicted octanol–water partition coefficient (Wildman–Crippen LogP) is 2.10. The molecule has 0 amide bonds. The number of nitrogens with one attached hydrogen (secondary N) is 1. The van der Waals surface area contributed by atoms with Gasteiger partial charge in [0.25, 0.3) is 0 Å². The molecule has 0 radical (unpaired) electrons. The Hall–Kier alpha value is -0.995. The Morgan fingerprint density at radius 1 is 1.11 bits per heavy atom. The highest BCUT2D eigenvalue weighted by Gasteiger charge is 2.52. The quantitative estimate of drug-likeness (QED) is 0.739. The normalized spacial score (nSPS) is 29.8. The smallest absolute Gasteiger partial charge is 0.399 e. The molecule has 0 bridgehead atoms. The molecule has 9 heteroatoms. The van der Waals surface area contributed by atoms with Gasteiger partial charge in [-0.2, -0.15) is 0 Å². The van der Waals surface area contributed by atoms with Gasteiger partial charge in [0, 0.05) is 11.5 Å². The first-order valence-corrected chi connectivity index (χ1v) is 11.1. The van der Waals surface area contributed by atoms with Crippen LogP contribution in [0.1, 0.15) is 60.3 Å². The zero-order valence-electron chi connectivity index (χ0n) is 17.1.